The summed E-state index contributed by atoms with van der Waals surface area (Å²) in [6.45, 7) is 1.38. The molecule has 1 aliphatic carbocycles. The van der Waals surface area contributed by atoms with Crippen molar-refractivity contribution in [3.8, 4) is 0 Å². The maximum absolute atomic E-state index is 12.6. The van der Waals surface area contributed by atoms with Crippen molar-refractivity contribution in [3.05, 3.63) is 33.4 Å². The Labute approximate surface area is 150 Å². The average Bonchev–Trinajstić information content (AvgIpc) is 3.06. The van der Waals surface area contributed by atoms with Gasteiger partial charge in [-0.1, -0.05) is 5.16 Å². The minimum atomic E-state index is -0.265. The van der Waals surface area contributed by atoms with Crippen LogP contribution >= 0.6 is 0 Å². The van der Waals surface area contributed by atoms with Crippen LogP contribution in [0.1, 0.15) is 47.5 Å². The van der Waals surface area contributed by atoms with Crippen LogP contribution in [0.4, 0.5) is 11.8 Å². The van der Waals surface area contributed by atoms with Gasteiger partial charge in [-0.15, -0.1) is 0 Å². The predicted molar refractivity (Wildman–Crippen MR) is 95.1 cm³/mol. The van der Waals surface area contributed by atoms with Crippen molar-refractivity contribution in [2.24, 2.45) is 0 Å². The summed E-state index contributed by atoms with van der Waals surface area (Å²) in [5.74, 6) is 1.38. The molecule has 2 aromatic heterocycles. The number of nitrogens with two attached hydrogens (primary N) is 1. The second-order valence-electron chi connectivity index (χ2n) is 6.86. The highest BCUT2D eigenvalue weighted by Crippen LogP contribution is 2.24. The SMILES string of the molecule is Nc1nc(N2CCC(NC(=O)c3noc4c3CCCC4)CC2)cc(=O)[nH]1. The number of amides is 1. The number of piperidine rings is 1. The molecule has 26 heavy (non-hydrogen) atoms. The summed E-state index contributed by atoms with van der Waals surface area (Å²) in [4.78, 5) is 32.7. The van der Waals surface area contributed by atoms with Crippen LogP contribution in [0.2, 0.25) is 0 Å². The highest BCUT2D eigenvalue weighted by Gasteiger charge is 2.27. The molecular weight excluding hydrogens is 336 g/mol. The number of rotatable bonds is 3. The first kappa shape index (κ1) is 16.6. The van der Waals surface area contributed by atoms with Crippen LogP contribution in [0.5, 0.6) is 0 Å². The van der Waals surface area contributed by atoms with E-state index in [9.17, 15) is 9.59 Å². The molecule has 1 fully saturated rings. The monoisotopic (exact) mass is 358 g/mol. The number of hydrogen-bond acceptors (Lipinski definition) is 7. The summed E-state index contributed by atoms with van der Waals surface area (Å²) in [5.41, 5.74) is 6.74. The van der Waals surface area contributed by atoms with Gasteiger partial charge < -0.3 is 20.5 Å². The first-order valence-electron chi connectivity index (χ1n) is 9.00. The summed E-state index contributed by atoms with van der Waals surface area (Å²) in [6, 6.07) is 1.51. The molecule has 0 spiro atoms. The molecule has 4 N–H and O–H groups in total. The summed E-state index contributed by atoms with van der Waals surface area (Å²) >= 11 is 0. The maximum atomic E-state index is 12.6. The van der Waals surface area contributed by atoms with Crippen molar-refractivity contribution in [3.63, 3.8) is 0 Å². The second kappa shape index (κ2) is 6.81. The Balaban J connectivity index is 1.37. The second-order valence-corrected chi connectivity index (χ2v) is 6.86. The van der Waals surface area contributed by atoms with Crippen LogP contribution in [0.3, 0.4) is 0 Å². The van der Waals surface area contributed by atoms with Crippen molar-refractivity contribution in [1.82, 2.24) is 20.4 Å². The Kier molecular flexibility index (Phi) is 4.36. The van der Waals surface area contributed by atoms with Crippen LogP contribution in [0.25, 0.3) is 0 Å². The molecule has 2 aliphatic rings. The number of fused-ring (bicyclic) bond motifs is 1. The van der Waals surface area contributed by atoms with Gasteiger partial charge in [-0.25, -0.2) is 0 Å². The zero-order valence-electron chi connectivity index (χ0n) is 14.5. The van der Waals surface area contributed by atoms with Crippen LogP contribution in [0, 0.1) is 0 Å². The molecule has 0 radical (unpaired) electrons. The standard InChI is InChI=1S/C17H22N6O3/c18-17-20-13(9-14(24)21-17)23-7-5-10(6-8-23)19-16(25)15-11-3-1-2-4-12(11)26-22-15/h9-10H,1-8H2,(H,19,25)(H3,18,20,21,24). The molecule has 1 saturated heterocycles. The third-order valence-corrected chi connectivity index (χ3v) is 5.07. The number of H-pyrrole nitrogens is 1. The fourth-order valence-corrected chi connectivity index (χ4v) is 3.70. The minimum Gasteiger partial charge on any atom is -0.369 e. The lowest BCUT2D eigenvalue weighted by molar-refractivity contribution is 0.0921. The Hall–Kier alpha value is -2.84. The Morgan fingerprint density at radius 2 is 2.08 bits per heavy atom. The third kappa shape index (κ3) is 3.29. The molecule has 0 atom stereocenters. The molecule has 4 rings (SSSR count). The first-order chi connectivity index (χ1) is 12.6. The number of aryl methyl sites for hydroxylation is 1. The molecule has 0 aromatic carbocycles. The zero-order valence-corrected chi connectivity index (χ0v) is 14.5. The largest absolute Gasteiger partial charge is 0.369 e. The van der Waals surface area contributed by atoms with Gasteiger partial charge in [0, 0.05) is 37.2 Å². The van der Waals surface area contributed by atoms with Gasteiger partial charge in [0.2, 0.25) is 5.95 Å². The number of nitrogens with zero attached hydrogens (tertiary/aromatic N) is 3. The highest BCUT2D eigenvalue weighted by molar-refractivity contribution is 5.94. The fourth-order valence-electron chi connectivity index (χ4n) is 3.70. The van der Waals surface area contributed by atoms with Crippen LogP contribution < -0.4 is 21.5 Å². The van der Waals surface area contributed by atoms with Crippen molar-refractivity contribution in [1.29, 1.82) is 0 Å². The summed E-state index contributed by atoms with van der Waals surface area (Å²) in [6.07, 6.45) is 5.40. The van der Waals surface area contributed by atoms with Gasteiger partial charge in [0.05, 0.1) is 0 Å². The topological polar surface area (TPSA) is 130 Å². The Morgan fingerprint density at radius 1 is 1.31 bits per heavy atom. The molecular formula is C17H22N6O3. The van der Waals surface area contributed by atoms with E-state index in [2.05, 4.69) is 20.4 Å². The maximum Gasteiger partial charge on any atom is 0.273 e. The highest BCUT2D eigenvalue weighted by atomic mass is 16.5. The van der Waals surface area contributed by atoms with Gasteiger partial charge in [0.25, 0.3) is 11.5 Å². The van der Waals surface area contributed by atoms with E-state index < -0.39 is 0 Å². The van der Waals surface area contributed by atoms with Gasteiger partial charge in [-0.3, -0.25) is 14.6 Å². The number of hydrogen-bond donors (Lipinski definition) is 3. The van der Waals surface area contributed by atoms with Gasteiger partial charge in [-0.05, 0) is 32.1 Å². The van der Waals surface area contributed by atoms with E-state index in [1.165, 1.54) is 6.07 Å². The number of anilines is 2. The van der Waals surface area contributed by atoms with E-state index in [-0.39, 0.29) is 23.5 Å². The van der Waals surface area contributed by atoms with E-state index >= 15 is 0 Å². The molecule has 9 heteroatoms. The predicted octanol–water partition coefficient (Wildman–Crippen LogP) is 0.618. The zero-order chi connectivity index (χ0) is 18.1. The van der Waals surface area contributed by atoms with Crippen LogP contribution in [-0.4, -0.2) is 40.2 Å². The van der Waals surface area contributed by atoms with Gasteiger partial charge >= 0.3 is 0 Å². The van der Waals surface area contributed by atoms with E-state index in [1.54, 1.807) is 0 Å². The normalized spacial score (nSPS) is 17.8. The molecule has 0 bridgehead atoms. The molecule has 2 aromatic rings. The van der Waals surface area contributed by atoms with E-state index in [4.69, 9.17) is 10.3 Å². The quantitative estimate of drug-likeness (QED) is 0.733. The molecule has 0 saturated carbocycles. The lowest BCUT2D eigenvalue weighted by Gasteiger charge is -2.33. The van der Waals surface area contributed by atoms with Crippen LogP contribution in [0.15, 0.2) is 15.4 Å². The molecule has 1 aliphatic heterocycles. The van der Waals surface area contributed by atoms with E-state index in [1.807, 2.05) is 4.90 Å². The number of aromatic nitrogens is 3. The minimum absolute atomic E-state index is 0.0639. The lowest BCUT2D eigenvalue weighted by atomic mass is 9.96. The molecule has 1 amide bonds. The summed E-state index contributed by atoms with van der Waals surface area (Å²) in [5, 5.41) is 7.05. The number of nitrogen functional groups attached to an aromatic ring is 1. The third-order valence-electron chi connectivity index (χ3n) is 5.07. The Morgan fingerprint density at radius 3 is 2.85 bits per heavy atom. The van der Waals surface area contributed by atoms with Gasteiger partial charge in [0.1, 0.15) is 11.6 Å². The summed E-state index contributed by atoms with van der Waals surface area (Å²) < 4.78 is 5.32. The molecule has 3 heterocycles. The average molecular weight is 358 g/mol. The molecule has 0 unspecified atom stereocenters. The first-order valence-corrected chi connectivity index (χ1v) is 9.00. The number of carbonyl (C=O) groups excluding carboxylic acids is 1. The van der Waals surface area contributed by atoms with Crippen molar-refractivity contribution < 1.29 is 9.32 Å². The van der Waals surface area contributed by atoms with Gasteiger partial charge in [-0.2, -0.15) is 4.98 Å². The van der Waals surface area contributed by atoms with Gasteiger partial charge in [0.15, 0.2) is 5.69 Å². The van der Waals surface area contributed by atoms with Crippen molar-refractivity contribution in [2.45, 2.75) is 44.6 Å². The van der Waals surface area contributed by atoms with E-state index in [0.717, 1.165) is 49.8 Å². The number of nitrogens with one attached hydrogen (secondary N) is 2. The number of carbonyl (C=O) groups is 1. The Bertz CT molecular complexity index is 866. The fraction of sp³-hybridized carbons (Fsp3) is 0.529. The van der Waals surface area contributed by atoms with E-state index in [0.29, 0.717) is 24.6 Å². The smallest absolute Gasteiger partial charge is 0.273 e. The number of aromatic amines is 1. The summed E-state index contributed by atoms with van der Waals surface area (Å²) in [7, 11) is 0. The molecule has 9 nitrogen and oxygen atoms in total. The van der Waals surface area contributed by atoms with Crippen molar-refractivity contribution >= 4 is 17.7 Å². The van der Waals surface area contributed by atoms with Crippen LogP contribution in [-0.2, 0) is 12.8 Å². The molecule has 138 valence electrons. The lowest BCUT2D eigenvalue weighted by Crippen LogP contribution is -2.45. The van der Waals surface area contributed by atoms with Crippen molar-refractivity contribution in [2.75, 3.05) is 23.7 Å².